The van der Waals surface area contributed by atoms with Gasteiger partial charge in [-0.15, -0.1) is 0 Å². The molecule has 1 aliphatic carbocycles. The van der Waals surface area contributed by atoms with E-state index >= 15 is 0 Å². The van der Waals surface area contributed by atoms with Crippen LogP contribution in [-0.4, -0.2) is 13.3 Å². The van der Waals surface area contributed by atoms with Crippen molar-refractivity contribution in [1.29, 1.82) is 0 Å². The molecule has 1 heteroatoms. The third-order valence-electron chi connectivity index (χ3n) is 3.04. The van der Waals surface area contributed by atoms with E-state index in [9.17, 15) is 0 Å². The van der Waals surface area contributed by atoms with Gasteiger partial charge in [0.15, 0.2) is 0 Å². The third kappa shape index (κ3) is 2.05. The third-order valence-corrected chi connectivity index (χ3v) is 11.6. The molecule has 0 fully saturated rings. The molecule has 0 radical (unpaired) electrons. The van der Waals surface area contributed by atoms with Gasteiger partial charge in [-0.3, -0.25) is 0 Å². The Hall–Kier alpha value is -0.497. The standard InChI is InChI=1S/C12H18Ge/c1-4-13(5-2,6-3)12-10-8-7-9-11-12/h4-8,12H,1-3,9-11H2. The summed E-state index contributed by atoms with van der Waals surface area (Å²) < 4.78 is 0.789. The van der Waals surface area contributed by atoms with Crippen LogP contribution >= 0.6 is 0 Å². The molecule has 13 heavy (non-hydrogen) atoms. The molecule has 0 N–H and O–H groups in total. The Morgan fingerprint density at radius 2 is 1.69 bits per heavy atom. The van der Waals surface area contributed by atoms with E-state index in [2.05, 4.69) is 46.6 Å². The normalized spacial score (nSPS) is 22.3. The van der Waals surface area contributed by atoms with Crippen molar-refractivity contribution in [2.24, 2.45) is 0 Å². The zero-order valence-electron chi connectivity index (χ0n) is 8.21. The molecule has 1 atom stereocenters. The minimum atomic E-state index is -2.11. The summed E-state index contributed by atoms with van der Waals surface area (Å²) in [6.45, 7) is 11.9. The second kappa shape index (κ2) is 4.66. The van der Waals surface area contributed by atoms with Crippen LogP contribution in [0.1, 0.15) is 19.3 Å². The number of hydrogen-bond acceptors (Lipinski definition) is 0. The Kier molecular flexibility index (Phi) is 3.79. The van der Waals surface area contributed by atoms with E-state index < -0.39 is 13.3 Å². The average molecular weight is 235 g/mol. The fourth-order valence-electron chi connectivity index (χ4n) is 2.00. The summed E-state index contributed by atoms with van der Waals surface area (Å²) in [5.74, 6) is 0. The summed E-state index contributed by atoms with van der Waals surface area (Å²) in [7, 11) is 0. The van der Waals surface area contributed by atoms with E-state index in [4.69, 9.17) is 0 Å². The van der Waals surface area contributed by atoms with Crippen LogP contribution in [0.25, 0.3) is 0 Å². The summed E-state index contributed by atoms with van der Waals surface area (Å²) >= 11 is -2.11. The SMILES string of the molecule is C=[CH][Ge]([CH]=C)([CH]=C)[CH]1CC=CCC1. The van der Waals surface area contributed by atoms with Gasteiger partial charge in [-0.25, -0.2) is 0 Å². The predicted molar refractivity (Wildman–Crippen MR) is 63.1 cm³/mol. The van der Waals surface area contributed by atoms with Gasteiger partial charge in [0, 0.05) is 0 Å². The first-order valence-corrected chi connectivity index (χ1v) is 9.69. The Morgan fingerprint density at radius 3 is 2.08 bits per heavy atom. The number of allylic oxidation sites excluding steroid dienone is 2. The van der Waals surface area contributed by atoms with Crippen molar-refractivity contribution in [2.75, 3.05) is 0 Å². The molecule has 1 rings (SSSR count). The van der Waals surface area contributed by atoms with Crippen LogP contribution in [-0.2, 0) is 0 Å². The van der Waals surface area contributed by atoms with Crippen molar-refractivity contribution in [3.05, 3.63) is 46.6 Å². The van der Waals surface area contributed by atoms with Crippen molar-refractivity contribution >= 4 is 13.3 Å². The van der Waals surface area contributed by atoms with Gasteiger partial charge >= 0.3 is 83.9 Å². The number of rotatable bonds is 4. The first-order chi connectivity index (χ1) is 6.29. The van der Waals surface area contributed by atoms with Crippen molar-refractivity contribution in [2.45, 2.75) is 24.0 Å². The molecule has 0 aromatic rings. The van der Waals surface area contributed by atoms with Crippen LogP contribution in [0.5, 0.6) is 0 Å². The molecule has 0 nitrogen and oxygen atoms in total. The van der Waals surface area contributed by atoms with Crippen molar-refractivity contribution in [3.63, 3.8) is 0 Å². The molecule has 1 aliphatic rings. The Labute approximate surface area is 84.1 Å². The Morgan fingerprint density at radius 1 is 1.08 bits per heavy atom. The van der Waals surface area contributed by atoms with Crippen LogP contribution in [0.2, 0.25) is 4.75 Å². The van der Waals surface area contributed by atoms with E-state index in [1.54, 1.807) is 0 Å². The summed E-state index contributed by atoms with van der Waals surface area (Å²) in [4.78, 5) is 6.47. The van der Waals surface area contributed by atoms with E-state index in [-0.39, 0.29) is 0 Å². The Balaban J connectivity index is 2.85. The predicted octanol–water partition coefficient (Wildman–Crippen LogP) is 3.72. The van der Waals surface area contributed by atoms with Gasteiger partial charge in [-0.2, -0.15) is 0 Å². The zero-order valence-corrected chi connectivity index (χ0v) is 10.3. The number of hydrogen-bond donors (Lipinski definition) is 0. The maximum atomic E-state index is 3.97. The molecule has 0 bridgehead atoms. The van der Waals surface area contributed by atoms with Crippen LogP contribution in [0.3, 0.4) is 0 Å². The second-order valence-electron chi connectivity index (χ2n) is 3.59. The molecule has 0 saturated carbocycles. The van der Waals surface area contributed by atoms with Gasteiger partial charge in [0.25, 0.3) is 0 Å². The van der Waals surface area contributed by atoms with Gasteiger partial charge in [0.05, 0.1) is 0 Å². The van der Waals surface area contributed by atoms with Crippen molar-refractivity contribution < 1.29 is 0 Å². The fourth-order valence-corrected chi connectivity index (χ4v) is 7.69. The van der Waals surface area contributed by atoms with Crippen LogP contribution in [0.15, 0.2) is 46.6 Å². The molecule has 0 saturated heterocycles. The Bertz CT molecular complexity index is 216. The average Bonchev–Trinajstić information content (AvgIpc) is 2.23. The first kappa shape index (κ1) is 10.6. The van der Waals surface area contributed by atoms with E-state index in [1.807, 2.05) is 0 Å². The van der Waals surface area contributed by atoms with E-state index in [0.29, 0.717) is 0 Å². The molecule has 0 aromatic carbocycles. The molecule has 0 heterocycles. The molecule has 0 amide bonds. The van der Waals surface area contributed by atoms with E-state index in [0.717, 1.165) is 4.75 Å². The van der Waals surface area contributed by atoms with Crippen molar-refractivity contribution in [3.8, 4) is 0 Å². The molecule has 0 aliphatic heterocycles. The molecule has 1 unspecified atom stereocenters. The van der Waals surface area contributed by atoms with Gasteiger partial charge in [0.2, 0.25) is 0 Å². The minimum absolute atomic E-state index is 0.789. The summed E-state index contributed by atoms with van der Waals surface area (Å²) in [6.07, 6.45) is 8.28. The summed E-state index contributed by atoms with van der Waals surface area (Å²) in [5.41, 5.74) is 0. The maximum absolute atomic E-state index is 3.97. The van der Waals surface area contributed by atoms with Gasteiger partial charge < -0.3 is 0 Å². The zero-order chi connectivity index (χ0) is 9.73. The molecule has 0 aromatic heterocycles. The quantitative estimate of drug-likeness (QED) is 0.514. The van der Waals surface area contributed by atoms with Gasteiger partial charge in [-0.1, -0.05) is 0 Å². The molecule has 0 spiro atoms. The summed E-state index contributed by atoms with van der Waals surface area (Å²) in [5, 5.41) is 0. The molecular formula is C12H18Ge. The van der Waals surface area contributed by atoms with Crippen LogP contribution in [0, 0.1) is 0 Å². The van der Waals surface area contributed by atoms with Crippen LogP contribution in [0.4, 0.5) is 0 Å². The van der Waals surface area contributed by atoms with Crippen molar-refractivity contribution in [1.82, 2.24) is 0 Å². The van der Waals surface area contributed by atoms with Crippen LogP contribution < -0.4 is 0 Å². The topological polar surface area (TPSA) is 0 Å². The van der Waals surface area contributed by atoms with E-state index in [1.165, 1.54) is 19.3 Å². The summed E-state index contributed by atoms with van der Waals surface area (Å²) in [6, 6.07) is 0. The van der Waals surface area contributed by atoms with Gasteiger partial charge in [0.1, 0.15) is 0 Å². The second-order valence-corrected chi connectivity index (χ2v) is 12.1. The molecule has 70 valence electrons. The van der Waals surface area contributed by atoms with Gasteiger partial charge in [-0.05, 0) is 0 Å². The fraction of sp³-hybridized carbons (Fsp3) is 0.333. The molecular weight excluding hydrogens is 217 g/mol. The first-order valence-electron chi connectivity index (χ1n) is 4.85. The monoisotopic (exact) mass is 236 g/mol.